The molecular weight excluding hydrogens is 242 g/mol. The summed E-state index contributed by atoms with van der Waals surface area (Å²) in [6, 6.07) is 8.27. The van der Waals surface area contributed by atoms with Gasteiger partial charge in [0.1, 0.15) is 0 Å². The molecule has 76 valence electrons. The highest BCUT2D eigenvalue weighted by Crippen LogP contribution is 2.11. The highest BCUT2D eigenvalue weighted by atomic mass is 79.9. The van der Waals surface area contributed by atoms with Gasteiger partial charge in [0.25, 0.3) is 0 Å². The van der Waals surface area contributed by atoms with E-state index in [9.17, 15) is 0 Å². The molecule has 0 heterocycles. The highest BCUT2D eigenvalue weighted by Gasteiger charge is 1.92. The Labute approximate surface area is 92.3 Å². The molecule has 0 aromatic heterocycles. The number of nitrogens with zero attached hydrogens (tertiary/aromatic N) is 1. The highest BCUT2D eigenvalue weighted by molar-refractivity contribution is 9.10. The summed E-state index contributed by atoms with van der Waals surface area (Å²) in [4.78, 5) is 3.92. The number of hydrogen-bond acceptors (Lipinski definition) is 1. The van der Waals surface area contributed by atoms with Crippen LogP contribution in [-0.2, 0) is 6.42 Å². The standard InChI is InChI=1S/C10H14BrN3/c11-9-5-3-8(4-6-9)2-1-7-14-10(12)13/h3-6H,1-2,7H2,(H4,12,13,14). The molecule has 0 saturated heterocycles. The van der Waals surface area contributed by atoms with Gasteiger partial charge in [-0.3, -0.25) is 4.99 Å². The van der Waals surface area contributed by atoms with E-state index in [1.54, 1.807) is 0 Å². The van der Waals surface area contributed by atoms with Gasteiger partial charge in [-0.1, -0.05) is 28.1 Å². The lowest BCUT2D eigenvalue weighted by Crippen LogP contribution is -2.23. The molecule has 14 heavy (non-hydrogen) atoms. The number of halogens is 1. The van der Waals surface area contributed by atoms with Crippen molar-refractivity contribution in [2.75, 3.05) is 6.54 Å². The van der Waals surface area contributed by atoms with Crippen LogP contribution in [0.25, 0.3) is 0 Å². The van der Waals surface area contributed by atoms with Crippen LogP contribution in [0, 0.1) is 0 Å². The lowest BCUT2D eigenvalue weighted by Gasteiger charge is -1.99. The molecule has 0 fully saturated rings. The molecule has 4 N–H and O–H groups in total. The quantitative estimate of drug-likeness (QED) is 0.488. The van der Waals surface area contributed by atoms with Crippen molar-refractivity contribution < 1.29 is 0 Å². The van der Waals surface area contributed by atoms with E-state index >= 15 is 0 Å². The van der Waals surface area contributed by atoms with E-state index in [4.69, 9.17) is 11.5 Å². The second kappa shape index (κ2) is 5.65. The van der Waals surface area contributed by atoms with E-state index in [0.717, 1.165) is 17.3 Å². The molecule has 0 aliphatic rings. The molecule has 0 spiro atoms. The lowest BCUT2D eigenvalue weighted by atomic mass is 10.1. The van der Waals surface area contributed by atoms with Gasteiger partial charge < -0.3 is 11.5 Å². The summed E-state index contributed by atoms with van der Waals surface area (Å²) in [6.07, 6.45) is 1.98. The van der Waals surface area contributed by atoms with Crippen LogP contribution in [0.2, 0.25) is 0 Å². The van der Waals surface area contributed by atoms with Crippen LogP contribution in [0.3, 0.4) is 0 Å². The fourth-order valence-electron chi connectivity index (χ4n) is 1.14. The number of nitrogens with two attached hydrogens (primary N) is 2. The molecule has 0 unspecified atom stereocenters. The molecular formula is C10H14BrN3. The zero-order valence-corrected chi connectivity index (χ0v) is 9.50. The maximum absolute atomic E-state index is 5.21. The summed E-state index contributed by atoms with van der Waals surface area (Å²) in [6.45, 7) is 0.693. The summed E-state index contributed by atoms with van der Waals surface area (Å²) in [5.74, 6) is 0.167. The average Bonchev–Trinajstić information content (AvgIpc) is 2.15. The van der Waals surface area contributed by atoms with Gasteiger partial charge in [0.2, 0.25) is 0 Å². The van der Waals surface area contributed by atoms with Crippen LogP contribution < -0.4 is 11.5 Å². The van der Waals surface area contributed by atoms with Gasteiger partial charge in [0.05, 0.1) is 0 Å². The van der Waals surface area contributed by atoms with Gasteiger partial charge in [-0.2, -0.15) is 0 Å². The molecule has 0 amide bonds. The van der Waals surface area contributed by atoms with Crippen LogP contribution in [-0.4, -0.2) is 12.5 Å². The Hall–Kier alpha value is -1.03. The number of aliphatic imine (C=N–C) groups is 1. The second-order valence-corrected chi connectivity index (χ2v) is 3.95. The fourth-order valence-corrected chi connectivity index (χ4v) is 1.41. The van der Waals surface area contributed by atoms with Crippen molar-refractivity contribution in [1.82, 2.24) is 0 Å². The third-order valence-electron chi connectivity index (χ3n) is 1.83. The van der Waals surface area contributed by atoms with Crippen molar-refractivity contribution in [1.29, 1.82) is 0 Å². The van der Waals surface area contributed by atoms with E-state index in [1.165, 1.54) is 5.56 Å². The Bertz CT molecular complexity index is 302. The molecule has 0 saturated carbocycles. The minimum atomic E-state index is 0.167. The molecule has 0 aliphatic heterocycles. The predicted molar refractivity (Wildman–Crippen MR) is 63.1 cm³/mol. The smallest absolute Gasteiger partial charge is 0.185 e. The SMILES string of the molecule is NC(N)=NCCCc1ccc(Br)cc1. The fraction of sp³-hybridized carbons (Fsp3) is 0.300. The first-order chi connectivity index (χ1) is 6.68. The van der Waals surface area contributed by atoms with Gasteiger partial charge in [0, 0.05) is 11.0 Å². The Kier molecular flexibility index (Phi) is 4.46. The number of benzene rings is 1. The summed E-state index contributed by atoms with van der Waals surface area (Å²) in [7, 11) is 0. The first kappa shape index (κ1) is 11.0. The summed E-state index contributed by atoms with van der Waals surface area (Å²) < 4.78 is 1.10. The van der Waals surface area contributed by atoms with Crippen LogP contribution in [0.1, 0.15) is 12.0 Å². The maximum Gasteiger partial charge on any atom is 0.185 e. The van der Waals surface area contributed by atoms with Crippen molar-refractivity contribution in [2.24, 2.45) is 16.5 Å². The lowest BCUT2D eigenvalue weighted by molar-refractivity contribution is 0.831. The zero-order chi connectivity index (χ0) is 10.4. The van der Waals surface area contributed by atoms with Crippen molar-refractivity contribution in [3.63, 3.8) is 0 Å². The minimum Gasteiger partial charge on any atom is -0.370 e. The van der Waals surface area contributed by atoms with Gasteiger partial charge in [-0.25, -0.2) is 0 Å². The topological polar surface area (TPSA) is 64.4 Å². The summed E-state index contributed by atoms with van der Waals surface area (Å²) in [5.41, 5.74) is 11.7. The molecule has 4 heteroatoms. The molecule has 1 rings (SSSR count). The first-order valence-corrected chi connectivity index (χ1v) is 5.27. The molecule has 1 aromatic carbocycles. The first-order valence-electron chi connectivity index (χ1n) is 4.48. The predicted octanol–water partition coefficient (Wildman–Crippen LogP) is 1.66. The number of guanidine groups is 1. The van der Waals surface area contributed by atoms with Crippen molar-refractivity contribution in [3.05, 3.63) is 34.3 Å². The Balaban J connectivity index is 2.32. The van der Waals surface area contributed by atoms with Gasteiger partial charge in [-0.15, -0.1) is 0 Å². The van der Waals surface area contributed by atoms with Crippen LogP contribution in [0.4, 0.5) is 0 Å². The van der Waals surface area contributed by atoms with E-state index in [-0.39, 0.29) is 5.96 Å². The molecule has 0 aliphatic carbocycles. The molecule has 0 atom stereocenters. The van der Waals surface area contributed by atoms with Gasteiger partial charge >= 0.3 is 0 Å². The molecule has 1 aromatic rings. The van der Waals surface area contributed by atoms with E-state index in [1.807, 2.05) is 12.1 Å². The van der Waals surface area contributed by atoms with Gasteiger partial charge in [0.15, 0.2) is 5.96 Å². The average molecular weight is 256 g/mol. The van der Waals surface area contributed by atoms with Crippen molar-refractivity contribution >= 4 is 21.9 Å². The molecule has 0 radical (unpaired) electrons. The third kappa shape index (κ3) is 4.28. The Morgan fingerprint density at radius 1 is 1.21 bits per heavy atom. The van der Waals surface area contributed by atoms with E-state index in [2.05, 4.69) is 33.1 Å². The Morgan fingerprint density at radius 3 is 2.43 bits per heavy atom. The molecule has 0 bridgehead atoms. The Morgan fingerprint density at radius 2 is 1.86 bits per heavy atom. The summed E-state index contributed by atoms with van der Waals surface area (Å²) in [5, 5.41) is 0. The monoisotopic (exact) mass is 255 g/mol. The third-order valence-corrected chi connectivity index (χ3v) is 2.36. The minimum absolute atomic E-state index is 0.167. The number of aryl methyl sites for hydroxylation is 1. The van der Waals surface area contributed by atoms with Crippen molar-refractivity contribution in [2.45, 2.75) is 12.8 Å². The maximum atomic E-state index is 5.21. The van der Waals surface area contributed by atoms with E-state index < -0.39 is 0 Å². The van der Waals surface area contributed by atoms with Crippen LogP contribution in [0.15, 0.2) is 33.7 Å². The van der Waals surface area contributed by atoms with Gasteiger partial charge in [-0.05, 0) is 30.5 Å². The summed E-state index contributed by atoms with van der Waals surface area (Å²) >= 11 is 3.39. The number of hydrogen-bond donors (Lipinski definition) is 2. The number of rotatable bonds is 4. The van der Waals surface area contributed by atoms with Crippen molar-refractivity contribution in [3.8, 4) is 0 Å². The molecule has 3 nitrogen and oxygen atoms in total. The van der Waals surface area contributed by atoms with Crippen LogP contribution >= 0.6 is 15.9 Å². The normalized spacial score (nSPS) is 9.79. The van der Waals surface area contributed by atoms with E-state index in [0.29, 0.717) is 6.54 Å². The largest absolute Gasteiger partial charge is 0.370 e. The zero-order valence-electron chi connectivity index (χ0n) is 7.91. The second-order valence-electron chi connectivity index (χ2n) is 3.04. The van der Waals surface area contributed by atoms with Crippen LogP contribution in [0.5, 0.6) is 0 Å².